The van der Waals surface area contributed by atoms with Gasteiger partial charge in [0.15, 0.2) is 0 Å². The molecular formula is C14H20N2O6S2. The van der Waals surface area contributed by atoms with Crippen LogP contribution >= 0.6 is 23.1 Å². The van der Waals surface area contributed by atoms with E-state index in [4.69, 9.17) is 4.74 Å². The summed E-state index contributed by atoms with van der Waals surface area (Å²) in [4.78, 5) is 34.2. The van der Waals surface area contributed by atoms with E-state index in [1.165, 1.54) is 11.3 Å². The lowest BCUT2D eigenvalue weighted by molar-refractivity contribution is -0.479. The van der Waals surface area contributed by atoms with Crippen LogP contribution < -0.4 is 5.32 Å². The average molecular weight is 376 g/mol. The SMILES string of the molecule is CC(C)(C)OC(=O)N[C@H](CSC(C[N+](=O)[O-])c1cccs1)C(=O)O. The normalized spacial score (nSPS) is 13.8. The first-order chi connectivity index (χ1) is 11.1. The third kappa shape index (κ3) is 7.64. The third-order valence-corrected chi connectivity index (χ3v) is 5.09. The van der Waals surface area contributed by atoms with E-state index in [0.717, 1.165) is 16.6 Å². The van der Waals surface area contributed by atoms with Gasteiger partial charge in [-0.2, -0.15) is 0 Å². The van der Waals surface area contributed by atoms with Gasteiger partial charge in [-0.15, -0.1) is 23.1 Å². The molecule has 1 amide bonds. The van der Waals surface area contributed by atoms with Crippen molar-refractivity contribution in [2.75, 3.05) is 12.3 Å². The quantitative estimate of drug-likeness (QED) is 0.529. The molecule has 8 nitrogen and oxygen atoms in total. The Morgan fingerprint density at radius 3 is 2.62 bits per heavy atom. The zero-order valence-electron chi connectivity index (χ0n) is 13.6. The summed E-state index contributed by atoms with van der Waals surface area (Å²) in [5.41, 5.74) is -0.745. The zero-order chi connectivity index (χ0) is 18.3. The molecule has 1 aromatic heterocycles. The molecule has 2 N–H and O–H groups in total. The summed E-state index contributed by atoms with van der Waals surface area (Å²) in [6.07, 6.45) is -0.836. The van der Waals surface area contributed by atoms with Crippen molar-refractivity contribution in [2.24, 2.45) is 0 Å². The molecule has 134 valence electrons. The van der Waals surface area contributed by atoms with E-state index in [1.54, 1.807) is 38.3 Å². The van der Waals surface area contributed by atoms with E-state index in [9.17, 15) is 24.8 Å². The molecule has 0 aliphatic heterocycles. The Hall–Kier alpha value is -1.81. The van der Waals surface area contributed by atoms with E-state index < -0.39 is 33.9 Å². The number of nitrogens with zero attached hydrogens (tertiary/aromatic N) is 1. The third-order valence-electron chi connectivity index (χ3n) is 2.63. The summed E-state index contributed by atoms with van der Waals surface area (Å²) in [7, 11) is 0. The van der Waals surface area contributed by atoms with Crippen LogP contribution in [0.15, 0.2) is 17.5 Å². The van der Waals surface area contributed by atoms with Crippen LogP contribution in [0.4, 0.5) is 4.79 Å². The summed E-state index contributed by atoms with van der Waals surface area (Å²) < 4.78 is 5.03. The van der Waals surface area contributed by atoms with Gasteiger partial charge in [0.05, 0.1) is 0 Å². The molecular weight excluding hydrogens is 356 g/mol. The van der Waals surface area contributed by atoms with Crippen molar-refractivity contribution in [2.45, 2.75) is 37.7 Å². The average Bonchev–Trinajstić information content (AvgIpc) is 2.92. The molecule has 1 aromatic rings. The second-order valence-corrected chi connectivity index (χ2v) is 8.10. The molecule has 0 bridgehead atoms. The lowest BCUT2D eigenvalue weighted by Crippen LogP contribution is -2.45. The monoisotopic (exact) mass is 376 g/mol. The number of thioether (sulfide) groups is 1. The topological polar surface area (TPSA) is 119 Å². The number of amides is 1. The van der Waals surface area contributed by atoms with Gasteiger partial charge in [-0.3, -0.25) is 10.1 Å². The van der Waals surface area contributed by atoms with E-state index >= 15 is 0 Å². The smallest absolute Gasteiger partial charge is 0.408 e. The summed E-state index contributed by atoms with van der Waals surface area (Å²) >= 11 is 2.49. The number of hydrogen-bond acceptors (Lipinski definition) is 7. The first-order valence-corrected chi connectivity index (χ1v) is 9.00. The van der Waals surface area contributed by atoms with E-state index in [-0.39, 0.29) is 12.3 Å². The van der Waals surface area contributed by atoms with Crippen molar-refractivity contribution in [1.82, 2.24) is 5.32 Å². The molecule has 24 heavy (non-hydrogen) atoms. The van der Waals surface area contributed by atoms with Gasteiger partial charge in [-0.1, -0.05) is 6.07 Å². The number of hydrogen-bond donors (Lipinski definition) is 2. The Balaban J connectivity index is 2.68. The number of carbonyl (C=O) groups excluding carboxylic acids is 1. The minimum absolute atomic E-state index is 0.00895. The lowest BCUT2D eigenvalue weighted by atomic mass is 10.2. The molecule has 1 heterocycles. The van der Waals surface area contributed by atoms with Crippen LogP contribution in [-0.2, 0) is 9.53 Å². The number of rotatable bonds is 8. The molecule has 0 aromatic carbocycles. The highest BCUT2D eigenvalue weighted by atomic mass is 32.2. The minimum Gasteiger partial charge on any atom is -0.480 e. The fourth-order valence-electron chi connectivity index (χ4n) is 1.67. The van der Waals surface area contributed by atoms with E-state index in [2.05, 4.69) is 5.32 Å². The number of carbonyl (C=O) groups is 2. The van der Waals surface area contributed by atoms with Gasteiger partial charge in [0, 0.05) is 15.6 Å². The van der Waals surface area contributed by atoms with Crippen LogP contribution in [0.2, 0.25) is 0 Å². The Bertz CT molecular complexity index is 570. The molecule has 0 fully saturated rings. The van der Waals surface area contributed by atoms with Crippen molar-refractivity contribution in [1.29, 1.82) is 0 Å². The highest BCUT2D eigenvalue weighted by molar-refractivity contribution is 7.99. The largest absolute Gasteiger partial charge is 0.480 e. The highest BCUT2D eigenvalue weighted by Crippen LogP contribution is 2.32. The molecule has 0 aliphatic carbocycles. The molecule has 1 rings (SSSR count). The van der Waals surface area contributed by atoms with Gasteiger partial charge in [-0.25, -0.2) is 9.59 Å². The second kappa shape index (κ2) is 8.88. The van der Waals surface area contributed by atoms with E-state index in [0.29, 0.717) is 0 Å². The number of carboxylic acids is 1. The number of thiophene rings is 1. The number of carboxylic acid groups (broad SMARTS) is 1. The lowest BCUT2D eigenvalue weighted by Gasteiger charge is -2.22. The standard InChI is InChI=1S/C14H20N2O6S2/c1-14(2,3)22-13(19)15-9(12(17)18)8-24-11(7-16(20)21)10-5-4-6-23-10/h4-6,9,11H,7-8H2,1-3H3,(H,15,19)(H,17,18)/t9-,11?/m1/s1. The maximum absolute atomic E-state index is 11.7. The number of nitro groups is 1. The van der Waals surface area contributed by atoms with Crippen molar-refractivity contribution < 1.29 is 24.4 Å². The summed E-state index contributed by atoms with van der Waals surface area (Å²) in [5, 5.41) is 23.7. The van der Waals surface area contributed by atoms with Gasteiger partial charge in [0.25, 0.3) is 0 Å². The number of ether oxygens (including phenoxy) is 1. The van der Waals surface area contributed by atoms with Crippen LogP contribution in [0, 0.1) is 10.1 Å². The van der Waals surface area contributed by atoms with Crippen LogP contribution in [0.25, 0.3) is 0 Å². The van der Waals surface area contributed by atoms with Gasteiger partial charge in [0.2, 0.25) is 6.54 Å². The Morgan fingerprint density at radius 2 is 2.17 bits per heavy atom. The van der Waals surface area contributed by atoms with Crippen molar-refractivity contribution in [3.05, 3.63) is 32.5 Å². The zero-order valence-corrected chi connectivity index (χ0v) is 15.2. The van der Waals surface area contributed by atoms with Crippen LogP contribution in [0.3, 0.4) is 0 Å². The molecule has 0 radical (unpaired) electrons. The summed E-state index contributed by atoms with van der Waals surface area (Å²) in [5.74, 6) is -1.23. The molecule has 0 saturated heterocycles. The minimum atomic E-state index is -1.22. The van der Waals surface area contributed by atoms with Gasteiger partial charge in [-0.05, 0) is 32.2 Å². The molecule has 0 aliphatic rings. The predicted molar refractivity (Wildman–Crippen MR) is 92.2 cm³/mol. The fraction of sp³-hybridized carbons (Fsp3) is 0.571. The number of aliphatic carboxylic acids is 1. The predicted octanol–water partition coefficient (Wildman–Crippen LogP) is 2.78. The van der Waals surface area contributed by atoms with Gasteiger partial charge in [0.1, 0.15) is 16.9 Å². The molecule has 0 spiro atoms. The maximum atomic E-state index is 11.7. The van der Waals surface area contributed by atoms with Crippen molar-refractivity contribution in [3.8, 4) is 0 Å². The van der Waals surface area contributed by atoms with Crippen LogP contribution in [0.5, 0.6) is 0 Å². The second-order valence-electron chi connectivity index (χ2n) is 5.89. The van der Waals surface area contributed by atoms with E-state index in [1.807, 2.05) is 0 Å². The number of nitrogens with one attached hydrogen (secondary N) is 1. The van der Waals surface area contributed by atoms with Gasteiger partial charge < -0.3 is 15.2 Å². The summed E-state index contributed by atoms with van der Waals surface area (Å²) in [6.45, 7) is 4.69. The molecule has 10 heteroatoms. The van der Waals surface area contributed by atoms with Crippen LogP contribution in [0.1, 0.15) is 30.9 Å². The number of alkyl carbamates (subject to hydrolysis) is 1. The Labute approximate surface area is 147 Å². The van der Waals surface area contributed by atoms with Crippen LogP contribution in [-0.4, -0.2) is 46.0 Å². The first kappa shape index (κ1) is 20.2. The first-order valence-electron chi connectivity index (χ1n) is 7.07. The highest BCUT2D eigenvalue weighted by Gasteiger charge is 2.27. The van der Waals surface area contributed by atoms with Crippen molar-refractivity contribution in [3.63, 3.8) is 0 Å². The van der Waals surface area contributed by atoms with Crippen molar-refractivity contribution >= 4 is 35.2 Å². The van der Waals surface area contributed by atoms with Gasteiger partial charge >= 0.3 is 12.1 Å². The molecule has 1 unspecified atom stereocenters. The molecule has 2 atom stereocenters. The Kier molecular flexibility index (Phi) is 7.49. The Morgan fingerprint density at radius 1 is 1.50 bits per heavy atom. The fourth-order valence-corrected chi connectivity index (χ4v) is 3.86. The maximum Gasteiger partial charge on any atom is 0.408 e. The summed E-state index contributed by atoms with van der Waals surface area (Å²) in [6, 6.07) is 2.35. The molecule has 0 saturated carbocycles.